The molecule has 0 aromatic heterocycles. The first-order chi connectivity index (χ1) is 9.98. The maximum absolute atomic E-state index is 11.8. The zero-order chi connectivity index (χ0) is 15.3. The van der Waals surface area contributed by atoms with E-state index in [1.807, 2.05) is 0 Å². The van der Waals surface area contributed by atoms with Gasteiger partial charge in [-0.2, -0.15) is 0 Å². The zero-order valence-electron chi connectivity index (χ0n) is 11.4. The highest BCUT2D eigenvalue weighted by Gasteiger charge is 2.32. The Morgan fingerprint density at radius 3 is 2.86 bits per heavy atom. The van der Waals surface area contributed by atoms with Gasteiger partial charge in [-0.15, -0.1) is 0 Å². The Bertz CT molecular complexity index is 529. The quantitative estimate of drug-likeness (QED) is 0.731. The number of amides is 2. The molecule has 0 aliphatic carbocycles. The largest absolute Gasteiger partial charge is 0.386 e. The van der Waals surface area contributed by atoms with E-state index in [-0.39, 0.29) is 31.5 Å². The number of nitrogens with one attached hydrogen (secondary N) is 2. The van der Waals surface area contributed by atoms with E-state index in [4.69, 9.17) is 16.3 Å². The van der Waals surface area contributed by atoms with Crippen molar-refractivity contribution in [1.29, 1.82) is 0 Å². The standard InChI is InChI=1S/C14H17ClN2O4/c15-11-3-1-2-10(6-11)13(19)16-7-12(18)17-8-14(20)4-5-21-9-14/h1-3,6,20H,4-5,7-9H2,(H,16,19)(H,17,18). The van der Waals surface area contributed by atoms with E-state index in [1.165, 1.54) is 6.07 Å². The molecule has 3 N–H and O–H groups in total. The van der Waals surface area contributed by atoms with Gasteiger partial charge < -0.3 is 20.5 Å². The number of carbonyl (C=O) groups is 2. The first kappa shape index (κ1) is 15.8. The Kier molecular flexibility index (Phi) is 5.17. The van der Waals surface area contributed by atoms with Crippen molar-refractivity contribution in [3.05, 3.63) is 34.9 Å². The van der Waals surface area contributed by atoms with Gasteiger partial charge in [0.2, 0.25) is 5.91 Å². The lowest BCUT2D eigenvalue weighted by atomic mass is 10.0. The molecule has 1 unspecified atom stereocenters. The van der Waals surface area contributed by atoms with Gasteiger partial charge in [0.15, 0.2) is 0 Å². The molecule has 114 valence electrons. The summed E-state index contributed by atoms with van der Waals surface area (Å²) in [5.74, 6) is -0.749. The average Bonchev–Trinajstić information content (AvgIpc) is 2.90. The van der Waals surface area contributed by atoms with E-state index < -0.39 is 5.60 Å². The van der Waals surface area contributed by atoms with Crippen molar-refractivity contribution in [2.24, 2.45) is 0 Å². The van der Waals surface area contributed by atoms with Gasteiger partial charge in [0, 0.05) is 30.2 Å². The monoisotopic (exact) mass is 312 g/mol. The van der Waals surface area contributed by atoms with E-state index >= 15 is 0 Å². The Morgan fingerprint density at radius 1 is 1.38 bits per heavy atom. The fourth-order valence-corrected chi connectivity index (χ4v) is 2.14. The molecule has 1 fully saturated rings. The summed E-state index contributed by atoms with van der Waals surface area (Å²) in [4.78, 5) is 23.4. The van der Waals surface area contributed by atoms with E-state index in [0.717, 1.165) is 0 Å². The highest BCUT2D eigenvalue weighted by Crippen LogP contribution is 2.16. The Hall–Kier alpha value is -1.63. The van der Waals surface area contributed by atoms with Crippen LogP contribution in [0.25, 0.3) is 0 Å². The minimum atomic E-state index is -1.01. The van der Waals surface area contributed by atoms with Gasteiger partial charge in [0.05, 0.1) is 13.2 Å². The van der Waals surface area contributed by atoms with E-state index in [0.29, 0.717) is 23.6 Å². The van der Waals surface area contributed by atoms with Crippen LogP contribution in [0.4, 0.5) is 0 Å². The maximum Gasteiger partial charge on any atom is 0.251 e. The molecule has 0 saturated carbocycles. The van der Waals surface area contributed by atoms with Crippen molar-refractivity contribution in [2.75, 3.05) is 26.3 Å². The van der Waals surface area contributed by atoms with Crippen LogP contribution in [-0.2, 0) is 9.53 Å². The molecule has 2 amide bonds. The fraction of sp³-hybridized carbons (Fsp3) is 0.429. The molecule has 1 atom stereocenters. The Labute approximate surface area is 127 Å². The topological polar surface area (TPSA) is 87.7 Å². The number of hydrogen-bond donors (Lipinski definition) is 3. The summed E-state index contributed by atoms with van der Waals surface area (Å²) in [6, 6.07) is 6.45. The molecule has 0 spiro atoms. The second kappa shape index (κ2) is 6.89. The molecule has 1 heterocycles. The van der Waals surface area contributed by atoms with Crippen LogP contribution in [-0.4, -0.2) is 48.8 Å². The number of hydrogen-bond acceptors (Lipinski definition) is 4. The van der Waals surface area contributed by atoms with Gasteiger partial charge in [-0.25, -0.2) is 0 Å². The molecule has 1 aromatic rings. The Morgan fingerprint density at radius 2 is 2.19 bits per heavy atom. The van der Waals surface area contributed by atoms with Crippen molar-refractivity contribution in [1.82, 2.24) is 10.6 Å². The van der Waals surface area contributed by atoms with Gasteiger partial charge in [-0.1, -0.05) is 17.7 Å². The number of halogens is 1. The predicted octanol–water partition coefficient (Wildman–Crippen LogP) is 0.337. The predicted molar refractivity (Wildman–Crippen MR) is 77.2 cm³/mol. The molecule has 7 heteroatoms. The summed E-state index contributed by atoms with van der Waals surface area (Å²) in [5.41, 5.74) is -0.620. The van der Waals surface area contributed by atoms with Crippen LogP contribution in [0.1, 0.15) is 16.8 Å². The normalized spacial score (nSPS) is 21.0. The molecule has 1 aromatic carbocycles. The lowest BCUT2D eigenvalue weighted by molar-refractivity contribution is -0.121. The van der Waals surface area contributed by atoms with Crippen molar-refractivity contribution in [3.8, 4) is 0 Å². The Balaban J connectivity index is 1.75. The smallest absolute Gasteiger partial charge is 0.251 e. The van der Waals surface area contributed by atoms with Crippen molar-refractivity contribution in [3.63, 3.8) is 0 Å². The molecule has 0 radical (unpaired) electrons. The first-order valence-electron chi connectivity index (χ1n) is 6.59. The average molecular weight is 313 g/mol. The highest BCUT2D eigenvalue weighted by molar-refractivity contribution is 6.30. The van der Waals surface area contributed by atoms with Crippen LogP contribution < -0.4 is 10.6 Å². The van der Waals surface area contributed by atoms with Gasteiger partial charge in [-0.3, -0.25) is 9.59 Å². The zero-order valence-corrected chi connectivity index (χ0v) is 12.2. The number of rotatable bonds is 5. The highest BCUT2D eigenvalue weighted by atomic mass is 35.5. The summed E-state index contributed by atoms with van der Waals surface area (Å²) in [5, 5.41) is 15.5. The van der Waals surface area contributed by atoms with Crippen molar-refractivity contribution in [2.45, 2.75) is 12.0 Å². The van der Waals surface area contributed by atoms with E-state index in [1.54, 1.807) is 18.2 Å². The third-order valence-electron chi connectivity index (χ3n) is 3.19. The second-order valence-corrected chi connectivity index (χ2v) is 5.43. The lowest BCUT2D eigenvalue weighted by Gasteiger charge is -2.20. The van der Waals surface area contributed by atoms with Crippen molar-refractivity contribution < 1.29 is 19.4 Å². The van der Waals surface area contributed by atoms with Gasteiger partial charge in [0.25, 0.3) is 5.91 Å². The minimum absolute atomic E-state index is 0.110. The molecule has 2 rings (SSSR count). The van der Waals surface area contributed by atoms with Crippen LogP contribution in [0.2, 0.25) is 5.02 Å². The first-order valence-corrected chi connectivity index (χ1v) is 6.97. The number of aliphatic hydroxyl groups is 1. The second-order valence-electron chi connectivity index (χ2n) is 5.00. The van der Waals surface area contributed by atoms with Crippen LogP contribution in [0, 0.1) is 0 Å². The number of carbonyl (C=O) groups excluding carboxylic acids is 2. The van der Waals surface area contributed by atoms with E-state index in [9.17, 15) is 14.7 Å². The van der Waals surface area contributed by atoms with Gasteiger partial charge in [0.1, 0.15) is 5.60 Å². The molecular weight excluding hydrogens is 296 g/mol. The SMILES string of the molecule is O=C(CNC(=O)c1cccc(Cl)c1)NCC1(O)CCOC1. The summed E-state index contributed by atoms with van der Waals surface area (Å²) in [6.07, 6.45) is 0.488. The fourth-order valence-electron chi connectivity index (χ4n) is 1.95. The van der Waals surface area contributed by atoms with Gasteiger partial charge >= 0.3 is 0 Å². The maximum atomic E-state index is 11.8. The van der Waals surface area contributed by atoms with Crippen LogP contribution >= 0.6 is 11.6 Å². The minimum Gasteiger partial charge on any atom is -0.386 e. The molecule has 21 heavy (non-hydrogen) atoms. The summed E-state index contributed by atoms with van der Waals surface area (Å²) >= 11 is 5.79. The van der Waals surface area contributed by atoms with Crippen LogP contribution in [0.3, 0.4) is 0 Å². The number of ether oxygens (including phenoxy) is 1. The molecule has 1 aliphatic heterocycles. The summed E-state index contributed by atoms with van der Waals surface area (Å²) < 4.78 is 5.08. The third-order valence-corrected chi connectivity index (χ3v) is 3.43. The molecule has 1 aliphatic rings. The molecular formula is C14H17ClN2O4. The molecule has 6 nitrogen and oxygen atoms in total. The summed E-state index contributed by atoms with van der Waals surface area (Å²) in [7, 11) is 0. The van der Waals surface area contributed by atoms with Gasteiger partial charge in [-0.05, 0) is 18.2 Å². The molecule has 0 bridgehead atoms. The van der Waals surface area contributed by atoms with Crippen LogP contribution in [0.5, 0.6) is 0 Å². The van der Waals surface area contributed by atoms with Crippen LogP contribution in [0.15, 0.2) is 24.3 Å². The third kappa shape index (κ3) is 4.70. The van der Waals surface area contributed by atoms with Crippen molar-refractivity contribution >= 4 is 23.4 Å². The van der Waals surface area contributed by atoms with E-state index in [2.05, 4.69) is 10.6 Å². The molecule has 1 saturated heterocycles. The lowest BCUT2D eigenvalue weighted by Crippen LogP contribution is -2.46. The number of benzene rings is 1. The summed E-state index contributed by atoms with van der Waals surface area (Å²) in [6.45, 7) is 0.640.